The average molecular weight is 153 g/mol. The number of piperidine rings is 1. The van der Waals surface area contributed by atoms with Gasteiger partial charge in [0, 0.05) is 6.54 Å². The maximum Gasteiger partial charge on any atom is 0.0167 e. The zero-order valence-corrected chi connectivity index (χ0v) is 7.74. The first-order valence-electron chi connectivity index (χ1n) is 4.79. The van der Waals surface area contributed by atoms with E-state index in [2.05, 4.69) is 19.2 Å². The second-order valence-corrected chi connectivity index (χ2v) is 3.19. The molecule has 1 aliphatic rings. The summed E-state index contributed by atoms with van der Waals surface area (Å²) in [5.74, 6) is 0. The molecule has 1 saturated heterocycles. The Kier molecular flexibility index (Phi) is 3.64. The molecule has 1 N–H and O–H groups in total. The third-order valence-corrected chi connectivity index (χ3v) is 2.52. The van der Waals surface area contributed by atoms with Crippen LogP contribution in [-0.4, -0.2) is 13.1 Å². The summed E-state index contributed by atoms with van der Waals surface area (Å²) in [7, 11) is 0. The van der Waals surface area contributed by atoms with Crippen LogP contribution in [0.25, 0.3) is 0 Å². The largest absolute Gasteiger partial charge is 0.313 e. The molecule has 0 saturated carbocycles. The Morgan fingerprint density at radius 3 is 2.55 bits per heavy atom. The van der Waals surface area contributed by atoms with Gasteiger partial charge in [-0.25, -0.2) is 0 Å². The summed E-state index contributed by atoms with van der Waals surface area (Å²) in [4.78, 5) is 0. The monoisotopic (exact) mass is 153 g/mol. The van der Waals surface area contributed by atoms with Crippen LogP contribution in [-0.2, 0) is 0 Å². The van der Waals surface area contributed by atoms with E-state index in [9.17, 15) is 0 Å². The van der Waals surface area contributed by atoms with E-state index in [-0.39, 0.29) is 0 Å². The highest BCUT2D eigenvalue weighted by atomic mass is 14.9. The fourth-order valence-corrected chi connectivity index (χ4v) is 1.81. The number of hydrogen-bond donors (Lipinski definition) is 1. The highest BCUT2D eigenvalue weighted by molar-refractivity contribution is 5.16. The van der Waals surface area contributed by atoms with Crippen LogP contribution in [0, 0.1) is 0 Å². The van der Waals surface area contributed by atoms with Crippen LogP contribution in [0.5, 0.6) is 0 Å². The van der Waals surface area contributed by atoms with Gasteiger partial charge in [0.2, 0.25) is 0 Å². The Hall–Kier alpha value is -0.300. The first kappa shape index (κ1) is 8.79. The van der Waals surface area contributed by atoms with Crippen LogP contribution < -0.4 is 5.32 Å². The van der Waals surface area contributed by atoms with Crippen molar-refractivity contribution in [3.05, 3.63) is 11.1 Å². The van der Waals surface area contributed by atoms with Crippen molar-refractivity contribution in [2.75, 3.05) is 13.1 Å². The van der Waals surface area contributed by atoms with E-state index in [1.54, 1.807) is 11.1 Å². The van der Waals surface area contributed by atoms with E-state index in [0.29, 0.717) is 0 Å². The minimum Gasteiger partial charge on any atom is -0.313 e. The SMILES string of the molecule is CCC(CC)=C1CCCNC1. The lowest BCUT2D eigenvalue weighted by Gasteiger charge is -2.19. The zero-order valence-electron chi connectivity index (χ0n) is 7.74. The van der Waals surface area contributed by atoms with Crippen molar-refractivity contribution in [2.24, 2.45) is 0 Å². The summed E-state index contributed by atoms with van der Waals surface area (Å²) < 4.78 is 0. The summed E-state index contributed by atoms with van der Waals surface area (Å²) in [6.07, 6.45) is 5.16. The van der Waals surface area contributed by atoms with Gasteiger partial charge >= 0.3 is 0 Å². The molecule has 11 heavy (non-hydrogen) atoms. The van der Waals surface area contributed by atoms with Crippen molar-refractivity contribution in [1.82, 2.24) is 5.32 Å². The van der Waals surface area contributed by atoms with Crippen molar-refractivity contribution in [3.63, 3.8) is 0 Å². The van der Waals surface area contributed by atoms with Crippen molar-refractivity contribution >= 4 is 0 Å². The topological polar surface area (TPSA) is 12.0 Å². The van der Waals surface area contributed by atoms with Gasteiger partial charge in [0.1, 0.15) is 0 Å². The van der Waals surface area contributed by atoms with E-state index in [1.807, 2.05) is 0 Å². The molecule has 1 heteroatoms. The van der Waals surface area contributed by atoms with Gasteiger partial charge in [0.05, 0.1) is 0 Å². The molecule has 64 valence electrons. The molecule has 1 heterocycles. The fraction of sp³-hybridized carbons (Fsp3) is 0.800. The summed E-state index contributed by atoms with van der Waals surface area (Å²) in [6.45, 7) is 6.89. The zero-order chi connectivity index (χ0) is 8.10. The molecule has 0 aromatic heterocycles. The Morgan fingerprint density at radius 1 is 1.36 bits per heavy atom. The molecule has 0 bridgehead atoms. The van der Waals surface area contributed by atoms with Crippen molar-refractivity contribution in [2.45, 2.75) is 39.5 Å². The highest BCUT2D eigenvalue weighted by Gasteiger charge is 2.07. The summed E-state index contributed by atoms with van der Waals surface area (Å²) >= 11 is 0. The number of rotatable bonds is 2. The average Bonchev–Trinajstić information content (AvgIpc) is 2.09. The second-order valence-electron chi connectivity index (χ2n) is 3.19. The molecule has 0 unspecified atom stereocenters. The molecule has 0 aliphatic carbocycles. The maximum absolute atomic E-state index is 3.43. The highest BCUT2D eigenvalue weighted by Crippen LogP contribution is 2.18. The second kappa shape index (κ2) is 4.55. The predicted molar refractivity (Wildman–Crippen MR) is 49.7 cm³/mol. The van der Waals surface area contributed by atoms with Crippen LogP contribution >= 0.6 is 0 Å². The third kappa shape index (κ3) is 2.33. The number of allylic oxidation sites excluding steroid dienone is 1. The van der Waals surface area contributed by atoms with Crippen molar-refractivity contribution in [1.29, 1.82) is 0 Å². The summed E-state index contributed by atoms with van der Waals surface area (Å²) in [6, 6.07) is 0. The van der Waals surface area contributed by atoms with Crippen LogP contribution in [0.4, 0.5) is 0 Å². The Balaban J connectivity index is 2.57. The summed E-state index contributed by atoms with van der Waals surface area (Å²) in [5.41, 5.74) is 3.36. The van der Waals surface area contributed by atoms with Crippen LogP contribution in [0.2, 0.25) is 0 Å². The van der Waals surface area contributed by atoms with E-state index >= 15 is 0 Å². The first-order valence-corrected chi connectivity index (χ1v) is 4.79. The molecule has 0 radical (unpaired) electrons. The van der Waals surface area contributed by atoms with Gasteiger partial charge in [0.25, 0.3) is 0 Å². The van der Waals surface area contributed by atoms with E-state index < -0.39 is 0 Å². The van der Waals surface area contributed by atoms with E-state index in [4.69, 9.17) is 0 Å². The minimum atomic E-state index is 1.15. The molecule has 0 aromatic carbocycles. The number of hydrogen-bond acceptors (Lipinski definition) is 1. The fourth-order valence-electron chi connectivity index (χ4n) is 1.81. The normalized spacial score (nSPS) is 18.5. The lowest BCUT2D eigenvalue weighted by Crippen LogP contribution is -2.24. The van der Waals surface area contributed by atoms with Crippen LogP contribution in [0.1, 0.15) is 39.5 Å². The Bertz CT molecular complexity index is 133. The van der Waals surface area contributed by atoms with E-state index in [0.717, 1.165) is 6.54 Å². The van der Waals surface area contributed by atoms with Gasteiger partial charge in [-0.2, -0.15) is 0 Å². The smallest absolute Gasteiger partial charge is 0.0167 e. The Morgan fingerprint density at radius 2 is 2.09 bits per heavy atom. The molecule has 0 amide bonds. The van der Waals surface area contributed by atoms with Gasteiger partial charge in [-0.05, 0) is 32.2 Å². The van der Waals surface area contributed by atoms with Crippen LogP contribution in [0.15, 0.2) is 11.1 Å². The lowest BCUT2D eigenvalue weighted by molar-refractivity contribution is 0.598. The van der Waals surface area contributed by atoms with Crippen LogP contribution in [0.3, 0.4) is 0 Å². The van der Waals surface area contributed by atoms with Gasteiger partial charge in [-0.3, -0.25) is 0 Å². The quantitative estimate of drug-likeness (QED) is 0.601. The van der Waals surface area contributed by atoms with Crippen molar-refractivity contribution < 1.29 is 0 Å². The maximum atomic E-state index is 3.43. The molecular weight excluding hydrogens is 134 g/mol. The molecule has 0 aromatic rings. The molecule has 1 nitrogen and oxygen atoms in total. The minimum absolute atomic E-state index is 1.15. The van der Waals surface area contributed by atoms with E-state index in [1.165, 1.54) is 32.2 Å². The van der Waals surface area contributed by atoms with Gasteiger partial charge < -0.3 is 5.32 Å². The molecule has 1 rings (SSSR count). The van der Waals surface area contributed by atoms with Crippen molar-refractivity contribution in [3.8, 4) is 0 Å². The van der Waals surface area contributed by atoms with Gasteiger partial charge in [-0.1, -0.05) is 25.0 Å². The Labute approximate surface area is 69.9 Å². The molecule has 0 atom stereocenters. The lowest BCUT2D eigenvalue weighted by atomic mass is 9.97. The predicted octanol–water partition coefficient (Wildman–Crippen LogP) is 2.49. The van der Waals surface area contributed by atoms with Gasteiger partial charge in [0.15, 0.2) is 0 Å². The van der Waals surface area contributed by atoms with Gasteiger partial charge in [-0.15, -0.1) is 0 Å². The first-order chi connectivity index (χ1) is 5.38. The standard InChI is InChI=1S/C10H19N/c1-3-9(4-2)10-6-5-7-11-8-10/h11H,3-8H2,1-2H3. The third-order valence-electron chi connectivity index (χ3n) is 2.52. The molecule has 0 spiro atoms. The molecule has 1 aliphatic heterocycles. The number of nitrogens with one attached hydrogen (secondary N) is 1. The summed E-state index contributed by atoms with van der Waals surface area (Å²) in [5, 5.41) is 3.43. The molecular formula is C10H19N. The molecule has 1 fully saturated rings.